The van der Waals surface area contributed by atoms with Gasteiger partial charge in [-0.1, -0.05) is 24.6 Å². The molecule has 1 heterocycles. The predicted octanol–water partition coefficient (Wildman–Crippen LogP) is 3.44. The smallest absolute Gasteiger partial charge is 0.0471 e. The van der Waals surface area contributed by atoms with E-state index in [1.165, 1.54) is 24.1 Å². The lowest BCUT2D eigenvalue weighted by atomic mass is 10.1. The number of rotatable bonds is 4. The lowest BCUT2D eigenvalue weighted by molar-refractivity contribution is 0.706. The largest absolute Gasteiger partial charge is 0.369 e. The number of hydrogen-bond donors (Lipinski definition) is 1. The van der Waals surface area contributed by atoms with Crippen LogP contribution in [0.1, 0.15) is 32.3 Å². The minimum atomic E-state index is 0.633. The molecule has 1 saturated heterocycles. The molecule has 2 nitrogen and oxygen atoms in total. The molecular weight excluding hydrogens is 232 g/mol. The normalized spacial score (nSPS) is 19.9. The zero-order chi connectivity index (χ0) is 12.3. The summed E-state index contributed by atoms with van der Waals surface area (Å²) >= 11 is 6.32. The van der Waals surface area contributed by atoms with Gasteiger partial charge in [0.15, 0.2) is 0 Å². The minimum Gasteiger partial charge on any atom is -0.369 e. The number of nitrogens with one attached hydrogen (secondary N) is 1. The van der Waals surface area contributed by atoms with E-state index in [2.05, 4.69) is 36.2 Å². The SMILES string of the molecule is CCNCc1c(Cl)cccc1N1CCCC1C. The molecule has 1 unspecified atom stereocenters. The third-order valence-electron chi connectivity index (χ3n) is 3.51. The summed E-state index contributed by atoms with van der Waals surface area (Å²) in [5.41, 5.74) is 2.55. The lowest BCUT2D eigenvalue weighted by Gasteiger charge is -2.27. The molecule has 1 N–H and O–H groups in total. The Bertz CT molecular complexity index is 378. The monoisotopic (exact) mass is 252 g/mol. The van der Waals surface area contributed by atoms with Gasteiger partial charge in [0.2, 0.25) is 0 Å². The molecule has 2 rings (SSSR count). The van der Waals surface area contributed by atoms with E-state index in [1.54, 1.807) is 0 Å². The highest BCUT2D eigenvalue weighted by molar-refractivity contribution is 6.31. The highest BCUT2D eigenvalue weighted by atomic mass is 35.5. The lowest BCUT2D eigenvalue weighted by Crippen LogP contribution is -2.28. The van der Waals surface area contributed by atoms with Gasteiger partial charge in [-0.15, -0.1) is 0 Å². The molecule has 0 aromatic heterocycles. The molecule has 1 aromatic rings. The summed E-state index contributed by atoms with van der Waals surface area (Å²) in [5.74, 6) is 0. The van der Waals surface area contributed by atoms with Crippen molar-refractivity contribution >= 4 is 17.3 Å². The van der Waals surface area contributed by atoms with Crippen LogP contribution in [-0.4, -0.2) is 19.1 Å². The quantitative estimate of drug-likeness (QED) is 0.883. The third kappa shape index (κ3) is 2.75. The second-order valence-corrected chi connectivity index (χ2v) is 5.11. The molecule has 1 fully saturated rings. The van der Waals surface area contributed by atoms with Crippen molar-refractivity contribution in [1.82, 2.24) is 5.32 Å². The Morgan fingerprint density at radius 3 is 2.94 bits per heavy atom. The van der Waals surface area contributed by atoms with Gasteiger partial charge in [-0.3, -0.25) is 0 Å². The highest BCUT2D eigenvalue weighted by Crippen LogP contribution is 2.32. The standard InChI is InChI=1S/C14H21ClN2/c1-3-16-10-12-13(15)7-4-8-14(12)17-9-5-6-11(17)2/h4,7-8,11,16H,3,5-6,9-10H2,1-2H3. The molecule has 1 aromatic carbocycles. The average Bonchev–Trinajstić information content (AvgIpc) is 2.73. The van der Waals surface area contributed by atoms with Crippen molar-refractivity contribution in [2.24, 2.45) is 0 Å². The van der Waals surface area contributed by atoms with Gasteiger partial charge in [-0.05, 0) is 38.4 Å². The summed E-state index contributed by atoms with van der Waals surface area (Å²) in [4.78, 5) is 2.48. The van der Waals surface area contributed by atoms with Crippen LogP contribution in [0.15, 0.2) is 18.2 Å². The van der Waals surface area contributed by atoms with Gasteiger partial charge in [-0.2, -0.15) is 0 Å². The molecule has 0 aliphatic carbocycles. The van der Waals surface area contributed by atoms with Crippen molar-refractivity contribution in [2.75, 3.05) is 18.0 Å². The summed E-state index contributed by atoms with van der Waals surface area (Å²) in [6, 6.07) is 6.87. The Balaban J connectivity index is 2.28. The van der Waals surface area contributed by atoms with Crippen LogP contribution < -0.4 is 10.2 Å². The molecular formula is C14H21ClN2. The summed E-state index contributed by atoms with van der Waals surface area (Å²) < 4.78 is 0. The van der Waals surface area contributed by atoms with Gasteiger partial charge in [0, 0.05) is 35.4 Å². The second kappa shape index (κ2) is 5.74. The van der Waals surface area contributed by atoms with Crippen molar-refractivity contribution in [2.45, 2.75) is 39.3 Å². The molecule has 94 valence electrons. The molecule has 3 heteroatoms. The van der Waals surface area contributed by atoms with E-state index in [1.807, 2.05) is 6.07 Å². The molecule has 0 amide bonds. The van der Waals surface area contributed by atoms with E-state index >= 15 is 0 Å². The summed E-state index contributed by atoms with van der Waals surface area (Å²) in [6.45, 7) is 7.40. The maximum absolute atomic E-state index is 6.32. The van der Waals surface area contributed by atoms with Gasteiger partial charge in [-0.25, -0.2) is 0 Å². The molecule has 1 aliphatic heterocycles. The van der Waals surface area contributed by atoms with Crippen molar-refractivity contribution in [3.05, 3.63) is 28.8 Å². The van der Waals surface area contributed by atoms with Gasteiger partial charge in [0.25, 0.3) is 0 Å². The van der Waals surface area contributed by atoms with E-state index in [4.69, 9.17) is 11.6 Å². The molecule has 1 aliphatic rings. The van der Waals surface area contributed by atoms with Crippen molar-refractivity contribution < 1.29 is 0 Å². The Morgan fingerprint density at radius 2 is 2.29 bits per heavy atom. The highest BCUT2D eigenvalue weighted by Gasteiger charge is 2.23. The molecule has 0 saturated carbocycles. The fourth-order valence-corrected chi connectivity index (χ4v) is 2.77. The topological polar surface area (TPSA) is 15.3 Å². The van der Waals surface area contributed by atoms with Crippen LogP contribution in [0.4, 0.5) is 5.69 Å². The first-order valence-electron chi connectivity index (χ1n) is 6.48. The Labute approximate surface area is 109 Å². The molecule has 17 heavy (non-hydrogen) atoms. The Morgan fingerprint density at radius 1 is 1.47 bits per heavy atom. The maximum Gasteiger partial charge on any atom is 0.0471 e. The van der Waals surface area contributed by atoms with Crippen LogP contribution in [0.3, 0.4) is 0 Å². The molecule has 1 atom stereocenters. The van der Waals surface area contributed by atoms with Gasteiger partial charge < -0.3 is 10.2 Å². The van der Waals surface area contributed by atoms with Crippen LogP contribution in [0.2, 0.25) is 5.02 Å². The fraction of sp³-hybridized carbons (Fsp3) is 0.571. The fourth-order valence-electron chi connectivity index (χ4n) is 2.53. The number of hydrogen-bond acceptors (Lipinski definition) is 2. The predicted molar refractivity (Wildman–Crippen MR) is 74.9 cm³/mol. The van der Waals surface area contributed by atoms with Crippen molar-refractivity contribution in [1.29, 1.82) is 0 Å². The van der Waals surface area contributed by atoms with Crippen LogP contribution in [0.5, 0.6) is 0 Å². The van der Waals surface area contributed by atoms with Crippen molar-refractivity contribution in [3.63, 3.8) is 0 Å². The number of anilines is 1. The number of nitrogens with zero attached hydrogens (tertiary/aromatic N) is 1. The van der Waals surface area contributed by atoms with Crippen LogP contribution in [-0.2, 0) is 6.54 Å². The van der Waals surface area contributed by atoms with Gasteiger partial charge in [0.05, 0.1) is 0 Å². The first-order chi connectivity index (χ1) is 8.24. The Kier molecular flexibility index (Phi) is 4.30. The number of benzene rings is 1. The van der Waals surface area contributed by atoms with Crippen LogP contribution >= 0.6 is 11.6 Å². The number of halogens is 1. The van der Waals surface area contributed by atoms with E-state index in [0.717, 1.165) is 24.7 Å². The zero-order valence-electron chi connectivity index (χ0n) is 10.7. The van der Waals surface area contributed by atoms with Crippen molar-refractivity contribution in [3.8, 4) is 0 Å². The Hall–Kier alpha value is -0.730. The zero-order valence-corrected chi connectivity index (χ0v) is 11.4. The minimum absolute atomic E-state index is 0.633. The van der Waals surface area contributed by atoms with Gasteiger partial charge >= 0.3 is 0 Å². The first kappa shape index (κ1) is 12.7. The summed E-state index contributed by atoms with van der Waals surface area (Å²) in [7, 11) is 0. The average molecular weight is 253 g/mol. The van der Waals surface area contributed by atoms with E-state index in [-0.39, 0.29) is 0 Å². The molecule has 0 bridgehead atoms. The molecule has 0 spiro atoms. The van der Waals surface area contributed by atoms with Crippen LogP contribution in [0.25, 0.3) is 0 Å². The first-order valence-corrected chi connectivity index (χ1v) is 6.86. The van der Waals surface area contributed by atoms with Crippen LogP contribution in [0, 0.1) is 0 Å². The van der Waals surface area contributed by atoms with Gasteiger partial charge in [0.1, 0.15) is 0 Å². The maximum atomic E-state index is 6.32. The van der Waals surface area contributed by atoms with E-state index in [0.29, 0.717) is 6.04 Å². The second-order valence-electron chi connectivity index (χ2n) is 4.70. The van der Waals surface area contributed by atoms with E-state index < -0.39 is 0 Å². The van der Waals surface area contributed by atoms with E-state index in [9.17, 15) is 0 Å². The third-order valence-corrected chi connectivity index (χ3v) is 3.86. The summed E-state index contributed by atoms with van der Waals surface area (Å²) in [5, 5.41) is 4.25. The summed E-state index contributed by atoms with van der Waals surface area (Å²) in [6.07, 6.45) is 2.57. The molecule has 0 radical (unpaired) electrons.